The van der Waals surface area contributed by atoms with Crippen molar-refractivity contribution in [1.29, 1.82) is 0 Å². The molecule has 4 aromatic rings. The highest BCUT2D eigenvalue weighted by atomic mass is 79.9. The Balaban J connectivity index is 1.35. The van der Waals surface area contributed by atoms with Crippen LogP contribution < -0.4 is 14.9 Å². The molecule has 0 aliphatic heterocycles. The van der Waals surface area contributed by atoms with Crippen LogP contribution in [0, 0.1) is 0 Å². The number of nitrogens with one attached hydrogen (secondary N) is 1. The number of esters is 1. The maximum absolute atomic E-state index is 12.6. The minimum absolute atomic E-state index is 0.187. The zero-order valence-corrected chi connectivity index (χ0v) is 20.1. The normalized spacial score (nSPS) is 11.0. The zero-order valence-electron chi connectivity index (χ0n) is 17.0. The number of benzene rings is 3. The van der Waals surface area contributed by atoms with E-state index in [9.17, 15) is 9.59 Å². The molecule has 3 aromatic carbocycles. The highest BCUT2D eigenvalue weighted by molar-refractivity contribution is 9.10. The molecule has 0 atom stereocenters. The van der Waals surface area contributed by atoms with Crippen molar-refractivity contribution in [2.75, 3.05) is 6.61 Å². The first-order valence-electron chi connectivity index (χ1n) is 9.70. The monoisotopic (exact) mass is 542 g/mol. The molecular formula is C24H16BrClN2O4S. The third kappa shape index (κ3) is 5.78. The Labute approximate surface area is 206 Å². The Morgan fingerprint density at radius 3 is 2.67 bits per heavy atom. The predicted octanol–water partition coefficient (Wildman–Crippen LogP) is 6.07. The minimum Gasteiger partial charge on any atom is -0.483 e. The molecule has 0 aliphatic carbocycles. The number of para-hydroxylation sites is 1. The van der Waals surface area contributed by atoms with Crippen LogP contribution in [0.1, 0.15) is 15.2 Å². The summed E-state index contributed by atoms with van der Waals surface area (Å²) in [5, 5.41) is 5.12. The van der Waals surface area contributed by atoms with E-state index in [-0.39, 0.29) is 6.61 Å². The number of hydrogen-bond donors (Lipinski definition) is 1. The number of amides is 1. The van der Waals surface area contributed by atoms with Gasteiger partial charge < -0.3 is 9.47 Å². The molecule has 4 rings (SSSR count). The molecule has 6 nitrogen and oxygen atoms in total. The van der Waals surface area contributed by atoms with Crippen LogP contribution in [0.5, 0.6) is 11.5 Å². The van der Waals surface area contributed by atoms with Crippen LogP contribution >= 0.6 is 38.9 Å². The van der Waals surface area contributed by atoms with Crippen molar-refractivity contribution in [2.45, 2.75) is 0 Å². The van der Waals surface area contributed by atoms with Gasteiger partial charge in [-0.25, -0.2) is 10.2 Å². The van der Waals surface area contributed by atoms with E-state index < -0.39 is 11.9 Å². The molecule has 0 fully saturated rings. The van der Waals surface area contributed by atoms with Crippen LogP contribution in [0.4, 0.5) is 0 Å². The first kappa shape index (κ1) is 23.0. The van der Waals surface area contributed by atoms with Gasteiger partial charge in [0.25, 0.3) is 5.91 Å². The number of ether oxygens (including phenoxy) is 2. The number of thiophene rings is 1. The Hall–Kier alpha value is -3.20. The molecule has 1 heterocycles. The van der Waals surface area contributed by atoms with E-state index in [2.05, 4.69) is 26.5 Å². The molecular weight excluding hydrogens is 528 g/mol. The molecule has 0 spiro atoms. The smallest absolute Gasteiger partial charge is 0.355 e. The lowest BCUT2D eigenvalue weighted by Crippen LogP contribution is -2.24. The van der Waals surface area contributed by atoms with Gasteiger partial charge in [0.2, 0.25) is 0 Å². The molecule has 0 unspecified atom stereocenters. The molecule has 1 N–H and O–H groups in total. The summed E-state index contributed by atoms with van der Waals surface area (Å²) in [6.45, 7) is -0.187. The van der Waals surface area contributed by atoms with Crippen molar-refractivity contribution < 1.29 is 19.1 Å². The molecule has 166 valence electrons. The van der Waals surface area contributed by atoms with Crippen LogP contribution in [0.25, 0.3) is 10.1 Å². The number of nitrogens with zero attached hydrogens (tertiary/aromatic N) is 1. The standard InChI is InChI=1S/C24H16BrClN2O4S/c25-18-9-2-3-10-19(18)31-14-21(29)28-27-13-15-6-5-7-16(12-15)32-24(30)23-22(26)17-8-1-4-11-20(17)33-23/h1-13H,14H2,(H,28,29)/b27-13-. The van der Waals surface area contributed by atoms with Gasteiger partial charge in [0.15, 0.2) is 6.61 Å². The summed E-state index contributed by atoms with van der Waals surface area (Å²) < 4.78 is 12.6. The van der Waals surface area contributed by atoms with Gasteiger partial charge in [-0.15, -0.1) is 11.3 Å². The number of carbonyl (C=O) groups excluding carboxylic acids is 2. The van der Waals surface area contributed by atoms with Crippen LogP contribution in [-0.2, 0) is 4.79 Å². The first-order valence-corrected chi connectivity index (χ1v) is 11.7. The summed E-state index contributed by atoms with van der Waals surface area (Å²) >= 11 is 11.0. The largest absolute Gasteiger partial charge is 0.483 e. The number of carbonyl (C=O) groups is 2. The Morgan fingerprint density at radius 1 is 1.06 bits per heavy atom. The molecule has 9 heteroatoms. The zero-order chi connectivity index (χ0) is 23.2. The third-order valence-electron chi connectivity index (χ3n) is 4.39. The molecule has 33 heavy (non-hydrogen) atoms. The number of fused-ring (bicyclic) bond motifs is 1. The van der Waals surface area contributed by atoms with Crippen LogP contribution in [-0.4, -0.2) is 24.7 Å². The number of hydrazone groups is 1. The second-order valence-corrected chi connectivity index (χ2v) is 9.00. The van der Waals surface area contributed by atoms with Crippen molar-refractivity contribution in [2.24, 2.45) is 5.10 Å². The van der Waals surface area contributed by atoms with Crippen LogP contribution in [0.15, 0.2) is 82.4 Å². The van der Waals surface area contributed by atoms with Gasteiger partial charge >= 0.3 is 5.97 Å². The minimum atomic E-state index is -0.534. The second kappa shape index (κ2) is 10.6. The van der Waals surface area contributed by atoms with Gasteiger partial charge in [-0.1, -0.05) is 54.1 Å². The van der Waals surface area contributed by atoms with Gasteiger partial charge in [0.1, 0.15) is 16.4 Å². The summed E-state index contributed by atoms with van der Waals surface area (Å²) in [6.07, 6.45) is 1.44. The lowest BCUT2D eigenvalue weighted by atomic mass is 10.2. The predicted molar refractivity (Wildman–Crippen MR) is 134 cm³/mol. The van der Waals surface area contributed by atoms with Gasteiger partial charge in [-0.2, -0.15) is 5.10 Å². The van der Waals surface area contributed by atoms with E-state index in [1.807, 2.05) is 42.5 Å². The molecule has 1 amide bonds. The summed E-state index contributed by atoms with van der Waals surface area (Å²) in [6, 6.07) is 21.5. The van der Waals surface area contributed by atoms with E-state index in [0.717, 1.165) is 14.6 Å². The van der Waals surface area contributed by atoms with Crippen LogP contribution in [0.2, 0.25) is 5.02 Å². The lowest BCUT2D eigenvalue weighted by molar-refractivity contribution is -0.123. The van der Waals surface area contributed by atoms with Crippen molar-refractivity contribution in [3.05, 3.63) is 92.7 Å². The maximum Gasteiger partial charge on any atom is 0.355 e. The Morgan fingerprint density at radius 2 is 1.85 bits per heavy atom. The van der Waals surface area contributed by atoms with Gasteiger partial charge in [0, 0.05) is 10.1 Å². The molecule has 0 bridgehead atoms. The van der Waals surface area contributed by atoms with E-state index in [0.29, 0.717) is 27.0 Å². The number of halogens is 2. The fourth-order valence-corrected chi connectivity index (χ4v) is 4.66. The third-order valence-corrected chi connectivity index (χ3v) is 6.70. The fraction of sp³-hybridized carbons (Fsp3) is 0.0417. The van der Waals surface area contributed by atoms with Crippen molar-refractivity contribution in [3.63, 3.8) is 0 Å². The van der Waals surface area contributed by atoms with Crippen molar-refractivity contribution >= 4 is 67.0 Å². The average molecular weight is 544 g/mol. The Bertz CT molecular complexity index is 1360. The summed E-state index contributed by atoms with van der Waals surface area (Å²) in [5.74, 6) is -0.0530. The second-order valence-electron chi connectivity index (χ2n) is 6.72. The van der Waals surface area contributed by atoms with Crippen LogP contribution in [0.3, 0.4) is 0 Å². The lowest BCUT2D eigenvalue weighted by Gasteiger charge is -2.06. The Kier molecular flexibility index (Phi) is 7.39. The molecule has 0 radical (unpaired) electrons. The van der Waals surface area contributed by atoms with Gasteiger partial charge in [-0.3, -0.25) is 4.79 Å². The van der Waals surface area contributed by atoms with Crippen molar-refractivity contribution in [3.8, 4) is 11.5 Å². The highest BCUT2D eigenvalue weighted by Crippen LogP contribution is 2.35. The highest BCUT2D eigenvalue weighted by Gasteiger charge is 2.19. The topological polar surface area (TPSA) is 77.0 Å². The number of hydrogen-bond acceptors (Lipinski definition) is 6. The molecule has 1 aromatic heterocycles. The average Bonchev–Trinajstić information content (AvgIpc) is 3.16. The molecule has 0 saturated heterocycles. The van der Waals surface area contributed by atoms with E-state index >= 15 is 0 Å². The maximum atomic E-state index is 12.6. The first-order chi connectivity index (χ1) is 16.0. The summed E-state index contributed by atoms with van der Waals surface area (Å²) in [5.41, 5.74) is 3.03. The van der Waals surface area contributed by atoms with E-state index in [4.69, 9.17) is 21.1 Å². The molecule has 0 aliphatic rings. The fourth-order valence-electron chi connectivity index (χ4n) is 2.87. The summed E-state index contributed by atoms with van der Waals surface area (Å²) in [7, 11) is 0. The van der Waals surface area contributed by atoms with Gasteiger partial charge in [-0.05, 0) is 51.8 Å². The van der Waals surface area contributed by atoms with E-state index in [1.54, 1.807) is 30.3 Å². The summed E-state index contributed by atoms with van der Waals surface area (Å²) in [4.78, 5) is 24.9. The van der Waals surface area contributed by atoms with Gasteiger partial charge in [0.05, 0.1) is 15.7 Å². The number of rotatable bonds is 7. The molecule has 0 saturated carbocycles. The quantitative estimate of drug-likeness (QED) is 0.133. The van der Waals surface area contributed by atoms with E-state index in [1.165, 1.54) is 17.6 Å². The SMILES string of the molecule is O=C(COc1ccccc1Br)N/N=C\c1cccc(OC(=O)c2sc3ccccc3c2Cl)c1. The van der Waals surface area contributed by atoms with Crippen molar-refractivity contribution in [1.82, 2.24) is 5.43 Å².